The number of nitrogen functional groups attached to an aromatic ring is 1. The topological polar surface area (TPSA) is 45.4 Å². The number of benzene rings is 1. The number of halogens is 1. The number of aromatic nitrogens is 1. The zero-order valence-corrected chi connectivity index (χ0v) is 13.6. The van der Waals surface area contributed by atoms with E-state index in [2.05, 4.69) is 68.1 Å². The van der Waals surface area contributed by atoms with E-state index in [1.807, 2.05) is 6.07 Å². The molecule has 0 spiro atoms. The Hall–Kier alpha value is -1.59. The highest BCUT2D eigenvalue weighted by molar-refractivity contribution is 9.10. The van der Waals surface area contributed by atoms with Crippen LogP contribution in [0.4, 0.5) is 11.5 Å². The van der Waals surface area contributed by atoms with E-state index in [0.717, 1.165) is 29.9 Å². The molecule has 2 aromatic rings. The standard InChI is InChI=1S/C16H19BrN4/c1-20-7-8-21(16-14(17)9-13(18)10-19-16)15(11-20)12-5-3-2-4-6-12/h2-6,9-10,15H,7-8,11,18H2,1H3. The van der Waals surface area contributed by atoms with Crippen LogP contribution >= 0.6 is 15.9 Å². The molecule has 3 rings (SSSR count). The van der Waals surface area contributed by atoms with Gasteiger partial charge in [0.05, 0.1) is 22.4 Å². The van der Waals surface area contributed by atoms with Gasteiger partial charge in [0.25, 0.3) is 0 Å². The molecule has 1 aliphatic heterocycles. The lowest BCUT2D eigenvalue weighted by molar-refractivity contribution is 0.268. The van der Waals surface area contributed by atoms with Crippen molar-refractivity contribution in [3.63, 3.8) is 0 Å². The Kier molecular flexibility index (Phi) is 4.12. The summed E-state index contributed by atoms with van der Waals surface area (Å²) in [6.45, 7) is 2.97. The van der Waals surface area contributed by atoms with Crippen LogP contribution in [0.15, 0.2) is 47.1 Å². The van der Waals surface area contributed by atoms with E-state index in [9.17, 15) is 0 Å². The third kappa shape index (κ3) is 3.04. The summed E-state index contributed by atoms with van der Waals surface area (Å²) < 4.78 is 0.952. The average molecular weight is 347 g/mol. The third-order valence-electron chi connectivity index (χ3n) is 3.88. The molecular weight excluding hydrogens is 328 g/mol. The minimum atomic E-state index is 0.303. The van der Waals surface area contributed by atoms with Crippen LogP contribution in [0.25, 0.3) is 0 Å². The summed E-state index contributed by atoms with van der Waals surface area (Å²) in [5.74, 6) is 0.964. The molecule has 110 valence electrons. The molecule has 2 heterocycles. The summed E-state index contributed by atoms with van der Waals surface area (Å²) in [6.07, 6.45) is 1.72. The Labute approximate surface area is 133 Å². The number of rotatable bonds is 2. The molecule has 0 aliphatic carbocycles. The second-order valence-electron chi connectivity index (χ2n) is 5.46. The third-order valence-corrected chi connectivity index (χ3v) is 4.47. The van der Waals surface area contributed by atoms with Gasteiger partial charge in [-0.05, 0) is 34.6 Å². The van der Waals surface area contributed by atoms with Crippen LogP contribution in [0.2, 0.25) is 0 Å². The van der Waals surface area contributed by atoms with Crippen molar-refractivity contribution in [3.8, 4) is 0 Å². The molecule has 1 aliphatic rings. The van der Waals surface area contributed by atoms with Gasteiger partial charge in [0.2, 0.25) is 0 Å². The van der Waals surface area contributed by atoms with Gasteiger partial charge in [0, 0.05) is 19.6 Å². The molecule has 5 heteroatoms. The fraction of sp³-hybridized carbons (Fsp3) is 0.312. The summed E-state index contributed by atoms with van der Waals surface area (Å²) in [5.41, 5.74) is 7.80. The van der Waals surface area contributed by atoms with Crippen LogP contribution < -0.4 is 10.6 Å². The largest absolute Gasteiger partial charge is 0.397 e. The monoisotopic (exact) mass is 346 g/mol. The number of pyridine rings is 1. The average Bonchev–Trinajstić information content (AvgIpc) is 2.49. The minimum Gasteiger partial charge on any atom is -0.397 e. The SMILES string of the molecule is CN1CCN(c2ncc(N)cc2Br)C(c2ccccc2)C1. The van der Waals surface area contributed by atoms with Crippen LogP contribution in [0.5, 0.6) is 0 Å². The number of piperazine rings is 1. The Morgan fingerprint density at radius 2 is 2.00 bits per heavy atom. The first-order valence-electron chi connectivity index (χ1n) is 7.06. The molecule has 1 unspecified atom stereocenters. The highest BCUT2D eigenvalue weighted by Crippen LogP contribution is 2.34. The predicted molar refractivity (Wildman–Crippen MR) is 90.4 cm³/mol. The number of nitrogens with zero attached hydrogens (tertiary/aromatic N) is 3. The Bertz CT molecular complexity index is 617. The van der Waals surface area contributed by atoms with Gasteiger partial charge < -0.3 is 15.5 Å². The van der Waals surface area contributed by atoms with Crippen molar-refractivity contribution in [3.05, 3.63) is 52.6 Å². The van der Waals surface area contributed by atoms with Crippen LogP contribution in [0.1, 0.15) is 11.6 Å². The van der Waals surface area contributed by atoms with Crippen molar-refractivity contribution in [1.29, 1.82) is 0 Å². The lowest BCUT2D eigenvalue weighted by atomic mass is 10.0. The fourth-order valence-corrected chi connectivity index (χ4v) is 3.38. The van der Waals surface area contributed by atoms with Gasteiger partial charge in [-0.3, -0.25) is 0 Å². The highest BCUT2D eigenvalue weighted by Gasteiger charge is 2.28. The van der Waals surface area contributed by atoms with Gasteiger partial charge in [-0.15, -0.1) is 0 Å². The smallest absolute Gasteiger partial charge is 0.143 e. The Morgan fingerprint density at radius 3 is 2.71 bits per heavy atom. The summed E-state index contributed by atoms with van der Waals surface area (Å²) in [7, 11) is 2.17. The molecule has 1 atom stereocenters. The molecule has 0 radical (unpaired) electrons. The van der Waals surface area contributed by atoms with Gasteiger partial charge in [-0.25, -0.2) is 4.98 Å². The minimum absolute atomic E-state index is 0.303. The quantitative estimate of drug-likeness (QED) is 0.907. The van der Waals surface area contributed by atoms with E-state index >= 15 is 0 Å². The highest BCUT2D eigenvalue weighted by atomic mass is 79.9. The first kappa shape index (κ1) is 14.4. The van der Waals surface area contributed by atoms with Crippen molar-refractivity contribution in [1.82, 2.24) is 9.88 Å². The van der Waals surface area contributed by atoms with Crippen molar-refractivity contribution < 1.29 is 0 Å². The van der Waals surface area contributed by atoms with Crippen LogP contribution in [-0.2, 0) is 0 Å². The van der Waals surface area contributed by atoms with E-state index < -0.39 is 0 Å². The lowest BCUT2D eigenvalue weighted by Gasteiger charge is -2.41. The van der Waals surface area contributed by atoms with E-state index in [4.69, 9.17) is 5.73 Å². The summed E-state index contributed by atoms with van der Waals surface area (Å²) in [6, 6.07) is 12.8. The summed E-state index contributed by atoms with van der Waals surface area (Å²) >= 11 is 3.60. The van der Waals surface area contributed by atoms with Gasteiger partial charge in [-0.1, -0.05) is 30.3 Å². The van der Waals surface area contributed by atoms with Crippen molar-refractivity contribution in [2.45, 2.75) is 6.04 Å². The van der Waals surface area contributed by atoms with Gasteiger partial charge in [0.15, 0.2) is 0 Å². The second kappa shape index (κ2) is 6.03. The Balaban J connectivity index is 1.98. The zero-order valence-electron chi connectivity index (χ0n) is 12.0. The number of hydrogen-bond acceptors (Lipinski definition) is 4. The molecule has 0 amide bonds. The van der Waals surface area contributed by atoms with Crippen molar-refractivity contribution in [2.75, 3.05) is 37.3 Å². The number of anilines is 2. The van der Waals surface area contributed by atoms with Crippen LogP contribution in [-0.4, -0.2) is 36.6 Å². The lowest BCUT2D eigenvalue weighted by Crippen LogP contribution is -2.47. The zero-order chi connectivity index (χ0) is 14.8. The van der Waals surface area contributed by atoms with E-state index in [0.29, 0.717) is 11.7 Å². The van der Waals surface area contributed by atoms with Crippen molar-refractivity contribution >= 4 is 27.4 Å². The van der Waals surface area contributed by atoms with Gasteiger partial charge >= 0.3 is 0 Å². The van der Waals surface area contributed by atoms with Crippen LogP contribution in [0, 0.1) is 0 Å². The van der Waals surface area contributed by atoms with E-state index in [1.165, 1.54) is 5.56 Å². The van der Waals surface area contributed by atoms with E-state index in [-0.39, 0.29) is 0 Å². The fourth-order valence-electron chi connectivity index (χ4n) is 2.79. The first-order valence-corrected chi connectivity index (χ1v) is 7.85. The molecule has 21 heavy (non-hydrogen) atoms. The normalized spacial score (nSPS) is 19.7. The van der Waals surface area contributed by atoms with Crippen molar-refractivity contribution in [2.24, 2.45) is 0 Å². The second-order valence-corrected chi connectivity index (χ2v) is 6.31. The maximum absolute atomic E-state index is 5.81. The van der Waals surface area contributed by atoms with Gasteiger partial charge in [-0.2, -0.15) is 0 Å². The molecular formula is C16H19BrN4. The molecule has 4 nitrogen and oxygen atoms in total. The predicted octanol–water partition coefficient (Wildman–Crippen LogP) is 2.92. The molecule has 1 saturated heterocycles. The number of likely N-dealkylation sites (N-methyl/N-ethyl adjacent to an activating group) is 1. The summed E-state index contributed by atoms with van der Waals surface area (Å²) in [5, 5.41) is 0. The number of hydrogen-bond donors (Lipinski definition) is 1. The maximum Gasteiger partial charge on any atom is 0.143 e. The first-order chi connectivity index (χ1) is 10.1. The molecule has 1 fully saturated rings. The molecule has 2 N–H and O–H groups in total. The molecule has 0 bridgehead atoms. The van der Waals surface area contributed by atoms with Crippen LogP contribution in [0.3, 0.4) is 0 Å². The molecule has 1 aromatic carbocycles. The summed E-state index contributed by atoms with van der Waals surface area (Å²) in [4.78, 5) is 9.26. The maximum atomic E-state index is 5.81. The Morgan fingerprint density at radius 1 is 1.24 bits per heavy atom. The van der Waals surface area contributed by atoms with Gasteiger partial charge in [0.1, 0.15) is 5.82 Å². The van der Waals surface area contributed by atoms with E-state index in [1.54, 1.807) is 6.20 Å². The molecule has 0 saturated carbocycles. The number of nitrogens with two attached hydrogens (primary N) is 1. The molecule has 1 aromatic heterocycles.